The summed E-state index contributed by atoms with van der Waals surface area (Å²) >= 11 is 0. The summed E-state index contributed by atoms with van der Waals surface area (Å²) in [6.45, 7) is 5.44. The number of nitrogens with zero attached hydrogens (tertiary/aromatic N) is 2. The molecule has 2 saturated heterocycles. The fraction of sp³-hybridized carbons (Fsp3) is 0.579. The minimum atomic E-state index is -0.301. The first kappa shape index (κ1) is 16.9. The minimum Gasteiger partial charge on any atom is -0.342 e. The van der Waals surface area contributed by atoms with Gasteiger partial charge in [0.2, 0.25) is 11.8 Å². The maximum atomic E-state index is 12.7. The third kappa shape index (κ3) is 3.30. The van der Waals surface area contributed by atoms with Crippen LogP contribution >= 0.6 is 0 Å². The second kappa shape index (κ2) is 6.91. The summed E-state index contributed by atoms with van der Waals surface area (Å²) in [6, 6.07) is 5.96. The summed E-state index contributed by atoms with van der Waals surface area (Å²) in [6.07, 6.45) is 1.72. The molecule has 1 aromatic carbocycles. The molecule has 130 valence electrons. The van der Waals surface area contributed by atoms with E-state index in [-0.39, 0.29) is 36.7 Å². The van der Waals surface area contributed by atoms with Crippen LogP contribution in [0.3, 0.4) is 0 Å². The number of anilines is 1. The number of likely N-dealkylation sites (tertiary alicyclic amines) is 1. The summed E-state index contributed by atoms with van der Waals surface area (Å²) in [5, 5.41) is 0. The number of rotatable bonds is 3. The summed E-state index contributed by atoms with van der Waals surface area (Å²) in [5.74, 6) is -0.130. The van der Waals surface area contributed by atoms with Gasteiger partial charge in [-0.2, -0.15) is 0 Å². The molecule has 0 spiro atoms. The topological polar surface area (TPSA) is 40.6 Å². The number of piperidine rings is 1. The maximum absolute atomic E-state index is 12.7. The quantitative estimate of drug-likeness (QED) is 0.854. The number of carbonyl (C=O) groups excluding carboxylic acids is 2. The Morgan fingerprint density at radius 2 is 1.92 bits per heavy atom. The standard InChI is InChI=1S/C19H25FN2O2/c1-13-3-4-17(9-14(13)2)22-12-16(10-18(22)23)19(24)21-7-5-15(11-20)6-8-21/h3-4,9,15-16H,5-8,10-12H2,1-2H3. The Kier molecular flexibility index (Phi) is 4.88. The van der Waals surface area contributed by atoms with Gasteiger partial charge in [0.15, 0.2) is 0 Å². The summed E-state index contributed by atoms with van der Waals surface area (Å²) in [4.78, 5) is 28.6. The van der Waals surface area contributed by atoms with E-state index in [1.165, 1.54) is 5.56 Å². The van der Waals surface area contributed by atoms with Crippen molar-refractivity contribution in [1.82, 2.24) is 4.90 Å². The van der Waals surface area contributed by atoms with Gasteiger partial charge in [-0.25, -0.2) is 0 Å². The highest BCUT2D eigenvalue weighted by atomic mass is 19.1. The molecule has 0 radical (unpaired) electrons. The van der Waals surface area contributed by atoms with E-state index >= 15 is 0 Å². The fourth-order valence-corrected chi connectivity index (χ4v) is 3.58. The third-order valence-corrected chi connectivity index (χ3v) is 5.42. The predicted molar refractivity (Wildman–Crippen MR) is 91.7 cm³/mol. The Labute approximate surface area is 142 Å². The van der Waals surface area contributed by atoms with Gasteiger partial charge in [-0.3, -0.25) is 14.0 Å². The lowest BCUT2D eigenvalue weighted by atomic mass is 9.96. The lowest BCUT2D eigenvalue weighted by Crippen LogP contribution is -2.42. The fourth-order valence-electron chi connectivity index (χ4n) is 3.58. The Hall–Kier alpha value is -1.91. The molecule has 24 heavy (non-hydrogen) atoms. The van der Waals surface area contributed by atoms with Gasteiger partial charge in [0.05, 0.1) is 12.6 Å². The molecule has 0 aromatic heterocycles. The highest BCUT2D eigenvalue weighted by molar-refractivity contribution is 6.00. The third-order valence-electron chi connectivity index (χ3n) is 5.42. The molecule has 2 fully saturated rings. The molecule has 3 rings (SSSR count). The number of alkyl halides is 1. The number of halogens is 1. The molecule has 1 atom stereocenters. The van der Waals surface area contributed by atoms with E-state index in [9.17, 15) is 14.0 Å². The Morgan fingerprint density at radius 1 is 1.21 bits per heavy atom. The van der Waals surface area contributed by atoms with Crippen LogP contribution in [0.15, 0.2) is 18.2 Å². The van der Waals surface area contributed by atoms with E-state index in [2.05, 4.69) is 0 Å². The zero-order chi connectivity index (χ0) is 17.3. The molecule has 1 aromatic rings. The van der Waals surface area contributed by atoms with Crippen molar-refractivity contribution in [3.63, 3.8) is 0 Å². The largest absolute Gasteiger partial charge is 0.342 e. The molecule has 4 nitrogen and oxygen atoms in total. The van der Waals surface area contributed by atoms with E-state index in [0.717, 1.165) is 24.1 Å². The van der Waals surface area contributed by atoms with E-state index in [1.54, 1.807) is 4.90 Å². The van der Waals surface area contributed by atoms with Crippen LogP contribution < -0.4 is 4.90 Å². The van der Waals surface area contributed by atoms with Gasteiger partial charge in [0.25, 0.3) is 0 Å². The molecule has 2 aliphatic heterocycles. The molecule has 2 amide bonds. The van der Waals surface area contributed by atoms with E-state index in [4.69, 9.17) is 0 Å². The number of carbonyl (C=O) groups is 2. The van der Waals surface area contributed by atoms with Crippen LogP contribution in [0.5, 0.6) is 0 Å². The SMILES string of the molecule is Cc1ccc(N2CC(C(=O)N3CCC(CF)CC3)CC2=O)cc1C. The van der Waals surface area contributed by atoms with Crippen LogP contribution in [0.25, 0.3) is 0 Å². The number of hydrogen-bond acceptors (Lipinski definition) is 2. The Morgan fingerprint density at radius 3 is 2.54 bits per heavy atom. The molecule has 0 saturated carbocycles. The second-order valence-corrected chi connectivity index (χ2v) is 7.10. The second-order valence-electron chi connectivity index (χ2n) is 7.10. The first-order valence-electron chi connectivity index (χ1n) is 8.72. The average molecular weight is 332 g/mol. The van der Waals surface area contributed by atoms with Crippen LogP contribution in [0.4, 0.5) is 10.1 Å². The molecular weight excluding hydrogens is 307 g/mol. The van der Waals surface area contributed by atoms with Gasteiger partial charge in [0, 0.05) is 31.7 Å². The Balaban J connectivity index is 1.66. The predicted octanol–water partition coefficient (Wildman–Crippen LogP) is 2.86. The van der Waals surface area contributed by atoms with Gasteiger partial charge in [-0.15, -0.1) is 0 Å². The highest BCUT2D eigenvalue weighted by Gasteiger charge is 2.38. The van der Waals surface area contributed by atoms with Crippen molar-refractivity contribution < 1.29 is 14.0 Å². The normalized spacial score (nSPS) is 22.3. The first-order chi connectivity index (χ1) is 11.5. The zero-order valence-corrected chi connectivity index (χ0v) is 14.4. The van der Waals surface area contributed by atoms with Crippen LogP contribution in [-0.2, 0) is 9.59 Å². The van der Waals surface area contributed by atoms with Crippen LogP contribution in [0, 0.1) is 25.7 Å². The van der Waals surface area contributed by atoms with Gasteiger partial charge in [-0.05, 0) is 55.9 Å². The van der Waals surface area contributed by atoms with Crippen molar-refractivity contribution in [2.24, 2.45) is 11.8 Å². The molecule has 2 heterocycles. The molecule has 1 unspecified atom stereocenters. The Bertz CT molecular complexity index is 638. The lowest BCUT2D eigenvalue weighted by molar-refractivity contribution is -0.137. The minimum absolute atomic E-state index is 0.00949. The van der Waals surface area contributed by atoms with Crippen molar-refractivity contribution in [1.29, 1.82) is 0 Å². The summed E-state index contributed by atoms with van der Waals surface area (Å²) < 4.78 is 12.7. The lowest BCUT2D eigenvalue weighted by Gasteiger charge is -2.32. The van der Waals surface area contributed by atoms with E-state index in [1.807, 2.05) is 36.9 Å². The number of hydrogen-bond donors (Lipinski definition) is 0. The molecule has 2 aliphatic rings. The molecule has 0 bridgehead atoms. The first-order valence-corrected chi connectivity index (χ1v) is 8.72. The van der Waals surface area contributed by atoms with Crippen LogP contribution in [0.1, 0.15) is 30.4 Å². The van der Waals surface area contributed by atoms with E-state index < -0.39 is 0 Å². The van der Waals surface area contributed by atoms with Crippen LogP contribution in [-0.4, -0.2) is 43.0 Å². The van der Waals surface area contributed by atoms with Gasteiger partial charge in [-0.1, -0.05) is 6.07 Å². The number of amides is 2. The molecular formula is C19H25FN2O2. The molecule has 5 heteroatoms. The smallest absolute Gasteiger partial charge is 0.228 e. The summed E-state index contributed by atoms with van der Waals surface area (Å²) in [7, 11) is 0. The van der Waals surface area contributed by atoms with Crippen molar-refractivity contribution in [3.8, 4) is 0 Å². The van der Waals surface area contributed by atoms with Crippen molar-refractivity contribution in [2.75, 3.05) is 31.2 Å². The van der Waals surface area contributed by atoms with Crippen molar-refractivity contribution in [2.45, 2.75) is 33.1 Å². The van der Waals surface area contributed by atoms with Crippen molar-refractivity contribution >= 4 is 17.5 Å². The maximum Gasteiger partial charge on any atom is 0.228 e. The number of benzene rings is 1. The van der Waals surface area contributed by atoms with E-state index in [0.29, 0.717) is 19.6 Å². The monoisotopic (exact) mass is 332 g/mol. The average Bonchev–Trinajstić information content (AvgIpc) is 2.98. The highest BCUT2D eigenvalue weighted by Crippen LogP contribution is 2.29. The molecule has 0 aliphatic carbocycles. The summed E-state index contributed by atoms with van der Waals surface area (Å²) in [5.41, 5.74) is 3.20. The van der Waals surface area contributed by atoms with Gasteiger partial charge in [0.1, 0.15) is 0 Å². The zero-order valence-electron chi connectivity index (χ0n) is 14.4. The van der Waals surface area contributed by atoms with Crippen LogP contribution in [0.2, 0.25) is 0 Å². The number of aryl methyl sites for hydroxylation is 2. The van der Waals surface area contributed by atoms with Crippen molar-refractivity contribution in [3.05, 3.63) is 29.3 Å². The molecule has 0 N–H and O–H groups in total. The van der Waals surface area contributed by atoms with Gasteiger partial charge >= 0.3 is 0 Å². The van der Waals surface area contributed by atoms with Gasteiger partial charge < -0.3 is 9.80 Å².